The van der Waals surface area contributed by atoms with Gasteiger partial charge in [-0.05, 0) is 19.3 Å². The van der Waals surface area contributed by atoms with Gasteiger partial charge in [-0.2, -0.15) is 0 Å². The third-order valence-electron chi connectivity index (χ3n) is 2.90. The van der Waals surface area contributed by atoms with Crippen LogP contribution in [0.2, 0.25) is 0 Å². The first-order valence-corrected chi connectivity index (χ1v) is 5.91. The largest absolute Gasteiger partial charge is 0.390 e. The molecule has 0 aromatic rings. The van der Waals surface area contributed by atoms with Crippen LogP contribution in [0, 0.1) is 0 Å². The Balaban J connectivity index is 3.67. The van der Waals surface area contributed by atoms with Crippen LogP contribution in [-0.4, -0.2) is 10.7 Å². The van der Waals surface area contributed by atoms with E-state index in [1.54, 1.807) is 0 Å². The summed E-state index contributed by atoms with van der Waals surface area (Å²) in [7, 11) is 0. The number of hydrogen-bond donors (Lipinski definition) is 1. The van der Waals surface area contributed by atoms with Gasteiger partial charge in [0.15, 0.2) is 0 Å². The maximum absolute atomic E-state index is 10.2. The maximum atomic E-state index is 10.2. The third-order valence-corrected chi connectivity index (χ3v) is 2.90. The third kappa shape index (κ3) is 6.09. The van der Waals surface area contributed by atoms with Crippen molar-refractivity contribution in [2.24, 2.45) is 0 Å². The van der Waals surface area contributed by atoms with Gasteiger partial charge in [-0.3, -0.25) is 0 Å². The van der Waals surface area contributed by atoms with E-state index in [1.165, 1.54) is 25.7 Å². The van der Waals surface area contributed by atoms with Crippen LogP contribution in [0.1, 0.15) is 72.1 Å². The molecular weight excluding hydrogens is 160 g/mol. The average Bonchev–Trinajstić information content (AvgIpc) is 2.15. The Morgan fingerprint density at radius 3 is 1.85 bits per heavy atom. The molecule has 0 radical (unpaired) electrons. The highest BCUT2D eigenvalue weighted by Crippen LogP contribution is 2.24. The van der Waals surface area contributed by atoms with Crippen molar-refractivity contribution < 1.29 is 5.11 Å². The van der Waals surface area contributed by atoms with Gasteiger partial charge in [0.2, 0.25) is 0 Å². The lowest BCUT2D eigenvalue weighted by Crippen LogP contribution is -2.27. The molecule has 1 nitrogen and oxygen atoms in total. The second kappa shape index (κ2) is 7.37. The minimum atomic E-state index is -0.356. The van der Waals surface area contributed by atoms with Crippen molar-refractivity contribution >= 4 is 0 Å². The highest BCUT2D eigenvalue weighted by molar-refractivity contribution is 4.76. The summed E-state index contributed by atoms with van der Waals surface area (Å²) in [4.78, 5) is 0. The van der Waals surface area contributed by atoms with E-state index in [0.717, 1.165) is 25.7 Å². The first kappa shape index (κ1) is 13.0. The molecule has 13 heavy (non-hydrogen) atoms. The summed E-state index contributed by atoms with van der Waals surface area (Å²) >= 11 is 0. The fraction of sp³-hybridized carbons (Fsp3) is 1.00. The molecule has 0 aromatic carbocycles. The van der Waals surface area contributed by atoms with E-state index in [4.69, 9.17) is 0 Å². The van der Waals surface area contributed by atoms with Crippen LogP contribution in [0.5, 0.6) is 0 Å². The normalized spacial score (nSPS) is 15.7. The summed E-state index contributed by atoms with van der Waals surface area (Å²) in [5.41, 5.74) is -0.356. The lowest BCUT2D eigenvalue weighted by molar-refractivity contribution is 0.0145. The fourth-order valence-electron chi connectivity index (χ4n) is 1.69. The summed E-state index contributed by atoms with van der Waals surface area (Å²) in [6, 6.07) is 0. The number of unbranched alkanes of at least 4 members (excludes halogenated alkanes) is 3. The second-order valence-electron chi connectivity index (χ2n) is 4.14. The summed E-state index contributed by atoms with van der Waals surface area (Å²) in [5, 5.41) is 10.2. The average molecular weight is 186 g/mol. The van der Waals surface area contributed by atoms with Gasteiger partial charge in [0, 0.05) is 0 Å². The molecule has 0 saturated heterocycles. The maximum Gasteiger partial charge on any atom is 0.0645 e. The van der Waals surface area contributed by atoms with Gasteiger partial charge in [0.1, 0.15) is 0 Å². The predicted molar refractivity (Wildman–Crippen MR) is 58.9 cm³/mol. The molecule has 1 heteroatoms. The fourth-order valence-corrected chi connectivity index (χ4v) is 1.69. The van der Waals surface area contributed by atoms with Gasteiger partial charge in [-0.15, -0.1) is 0 Å². The molecule has 0 heterocycles. The molecule has 0 aliphatic rings. The van der Waals surface area contributed by atoms with E-state index in [1.807, 2.05) is 0 Å². The molecular formula is C12H26O. The molecule has 80 valence electrons. The molecule has 1 unspecified atom stereocenters. The molecule has 0 bridgehead atoms. The zero-order valence-corrected chi connectivity index (χ0v) is 9.60. The second-order valence-corrected chi connectivity index (χ2v) is 4.14. The van der Waals surface area contributed by atoms with E-state index >= 15 is 0 Å². The molecule has 0 rings (SSSR count). The van der Waals surface area contributed by atoms with Crippen molar-refractivity contribution in [3.63, 3.8) is 0 Å². The van der Waals surface area contributed by atoms with E-state index < -0.39 is 0 Å². The predicted octanol–water partition coefficient (Wildman–Crippen LogP) is 3.90. The molecule has 1 N–H and O–H groups in total. The molecule has 0 aliphatic heterocycles. The van der Waals surface area contributed by atoms with E-state index in [-0.39, 0.29) is 5.60 Å². The Labute approximate surface area is 83.5 Å². The smallest absolute Gasteiger partial charge is 0.0645 e. The van der Waals surface area contributed by atoms with Crippen molar-refractivity contribution in [2.45, 2.75) is 77.7 Å². The van der Waals surface area contributed by atoms with Crippen molar-refractivity contribution in [1.29, 1.82) is 0 Å². The molecule has 0 aliphatic carbocycles. The molecule has 0 amide bonds. The van der Waals surface area contributed by atoms with Gasteiger partial charge >= 0.3 is 0 Å². The molecule has 0 spiro atoms. The Kier molecular flexibility index (Phi) is 7.35. The van der Waals surface area contributed by atoms with Gasteiger partial charge in [0.05, 0.1) is 5.60 Å². The van der Waals surface area contributed by atoms with Crippen LogP contribution >= 0.6 is 0 Å². The quantitative estimate of drug-likeness (QED) is 0.570. The van der Waals surface area contributed by atoms with Gasteiger partial charge in [-0.25, -0.2) is 0 Å². The topological polar surface area (TPSA) is 20.2 Å². The zero-order chi connectivity index (χ0) is 10.2. The zero-order valence-electron chi connectivity index (χ0n) is 9.60. The summed E-state index contributed by atoms with van der Waals surface area (Å²) in [6.45, 7) is 6.49. The van der Waals surface area contributed by atoms with Crippen molar-refractivity contribution in [3.05, 3.63) is 0 Å². The SMILES string of the molecule is CCCCCC(O)(CC)CCCC. The molecule has 0 fully saturated rings. The van der Waals surface area contributed by atoms with E-state index in [0.29, 0.717) is 0 Å². The first-order chi connectivity index (χ1) is 6.18. The van der Waals surface area contributed by atoms with Crippen LogP contribution in [0.25, 0.3) is 0 Å². The summed E-state index contributed by atoms with van der Waals surface area (Å²) in [6.07, 6.45) is 8.94. The Morgan fingerprint density at radius 1 is 0.846 bits per heavy atom. The van der Waals surface area contributed by atoms with Crippen LogP contribution in [0.15, 0.2) is 0 Å². The van der Waals surface area contributed by atoms with Crippen molar-refractivity contribution in [1.82, 2.24) is 0 Å². The van der Waals surface area contributed by atoms with Crippen LogP contribution in [0.3, 0.4) is 0 Å². The van der Waals surface area contributed by atoms with E-state index in [9.17, 15) is 5.11 Å². The monoisotopic (exact) mass is 186 g/mol. The minimum Gasteiger partial charge on any atom is -0.390 e. The highest BCUT2D eigenvalue weighted by atomic mass is 16.3. The van der Waals surface area contributed by atoms with Gasteiger partial charge in [-0.1, -0.05) is 52.9 Å². The Bertz CT molecular complexity index is 112. The first-order valence-electron chi connectivity index (χ1n) is 5.91. The van der Waals surface area contributed by atoms with Crippen LogP contribution in [0.4, 0.5) is 0 Å². The minimum absolute atomic E-state index is 0.356. The standard InChI is InChI=1S/C12H26O/c1-4-7-9-11-12(13,6-3)10-8-5-2/h13H,4-11H2,1-3H3. The number of hydrogen-bond acceptors (Lipinski definition) is 1. The Morgan fingerprint density at radius 2 is 1.38 bits per heavy atom. The Hall–Kier alpha value is -0.0400. The van der Waals surface area contributed by atoms with E-state index in [2.05, 4.69) is 20.8 Å². The molecule has 1 atom stereocenters. The van der Waals surface area contributed by atoms with Gasteiger partial charge < -0.3 is 5.11 Å². The van der Waals surface area contributed by atoms with Crippen LogP contribution in [-0.2, 0) is 0 Å². The van der Waals surface area contributed by atoms with Gasteiger partial charge in [0.25, 0.3) is 0 Å². The van der Waals surface area contributed by atoms with Crippen molar-refractivity contribution in [3.8, 4) is 0 Å². The summed E-state index contributed by atoms with van der Waals surface area (Å²) < 4.78 is 0. The van der Waals surface area contributed by atoms with Crippen LogP contribution < -0.4 is 0 Å². The van der Waals surface area contributed by atoms with Crippen molar-refractivity contribution in [2.75, 3.05) is 0 Å². The lowest BCUT2D eigenvalue weighted by atomic mass is 9.88. The number of rotatable bonds is 8. The molecule has 0 aromatic heterocycles. The highest BCUT2D eigenvalue weighted by Gasteiger charge is 2.22. The molecule has 0 saturated carbocycles. The number of aliphatic hydroxyl groups is 1. The lowest BCUT2D eigenvalue weighted by Gasteiger charge is -2.26. The summed E-state index contributed by atoms with van der Waals surface area (Å²) in [5.74, 6) is 0.